The van der Waals surface area contributed by atoms with Crippen molar-refractivity contribution in [2.75, 3.05) is 41.4 Å². The van der Waals surface area contributed by atoms with Crippen molar-refractivity contribution in [3.8, 4) is 11.5 Å². The van der Waals surface area contributed by atoms with Crippen molar-refractivity contribution in [1.82, 2.24) is 15.0 Å². The summed E-state index contributed by atoms with van der Waals surface area (Å²) < 4.78 is 5.69. The van der Waals surface area contributed by atoms with E-state index in [-0.39, 0.29) is 5.75 Å². The minimum absolute atomic E-state index is 0.108. The van der Waals surface area contributed by atoms with Crippen LogP contribution in [0.4, 0.5) is 29.2 Å². The highest BCUT2D eigenvalue weighted by Crippen LogP contribution is 2.34. The fourth-order valence-electron chi connectivity index (χ4n) is 4.67. The van der Waals surface area contributed by atoms with Gasteiger partial charge in [0.05, 0.1) is 22.1 Å². The number of benzene rings is 2. The van der Waals surface area contributed by atoms with Gasteiger partial charge in [0.25, 0.3) is 5.69 Å². The Morgan fingerprint density at radius 3 is 2.08 bits per heavy atom. The molecule has 0 aliphatic carbocycles. The van der Waals surface area contributed by atoms with E-state index in [4.69, 9.17) is 9.72 Å². The van der Waals surface area contributed by atoms with Crippen LogP contribution < -0.4 is 20.0 Å². The van der Waals surface area contributed by atoms with Crippen LogP contribution in [-0.2, 0) is 0 Å². The number of non-ortho nitro benzene ring substituents is 1. The minimum atomic E-state index is -0.720. The number of aromatic nitrogens is 3. The lowest BCUT2D eigenvalue weighted by molar-refractivity contribution is -0.394. The van der Waals surface area contributed by atoms with Crippen LogP contribution in [0.2, 0.25) is 0 Å². The summed E-state index contributed by atoms with van der Waals surface area (Å²) in [5.41, 5.74) is 2.68. The highest BCUT2D eigenvalue weighted by molar-refractivity contribution is 5.80. The molecule has 14 nitrogen and oxygen atoms in total. The number of hydrogen-bond acceptors (Lipinski definition) is 12. The van der Waals surface area contributed by atoms with Gasteiger partial charge in [-0.2, -0.15) is 20.1 Å². The second-order valence-corrected chi connectivity index (χ2v) is 9.57. The maximum absolute atomic E-state index is 11.4. The molecule has 1 N–H and O–H groups in total. The average molecular weight is 548 g/mol. The largest absolute Gasteiger partial charge is 0.450 e. The molecule has 14 heteroatoms. The Hall–Kier alpha value is -4.88. The average Bonchev–Trinajstić information content (AvgIpc) is 2.98. The van der Waals surface area contributed by atoms with Crippen molar-refractivity contribution in [2.24, 2.45) is 5.10 Å². The summed E-state index contributed by atoms with van der Waals surface area (Å²) in [5, 5.41) is 26.7. The number of nitro groups is 2. The van der Waals surface area contributed by atoms with Crippen molar-refractivity contribution in [3.05, 3.63) is 68.3 Å². The van der Waals surface area contributed by atoms with Crippen LogP contribution in [0.25, 0.3) is 0 Å². The molecule has 2 fully saturated rings. The molecule has 0 bridgehead atoms. The molecule has 3 aromatic rings. The second-order valence-electron chi connectivity index (χ2n) is 9.57. The molecule has 0 unspecified atom stereocenters. The Kier molecular flexibility index (Phi) is 8.23. The van der Waals surface area contributed by atoms with E-state index in [0.29, 0.717) is 29.2 Å². The van der Waals surface area contributed by atoms with Gasteiger partial charge in [0.15, 0.2) is 0 Å². The monoisotopic (exact) mass is 547 g/mol. The molecule has 0 atom stereocenters. The lowest BCUT2D eigenvalue weighted by Crippen LogP contribution is -2.34. The van der Waals surface area contributed by atoms with E-state index in [1.54, 1.807) is 30.5 Å². The quantitative estimate of drug-likeness (QED) is 0.220. The lowest BCUT2D eigenvalue weighted by atomic mass is 10.1. The van der Waals surface area contributed by atoms with Crippen molar-refractivity contribution < 1.29 is 14.6 Å². The molecule has 2 saturated heterocycles. The highest BCUT2D eigenvalue weighted by Gasteiger charge is 2.22. The summed E-state index contributed by atoms with van der Waals surface area (Å²) >= 11 is 0. The molecule has 0 radical (unpaired) electrons. The van der Waals surface area contributed by atoms with Crippen LogP contribution in [0, 0.1) is 20.2 Å². The number of piperidine rings is 2. The van der Waals surface area contributed by atoms with Crippen molar-refractivity contribution >= 4 is 35.4 Å². The van der Waals surface area contributed by atoms with E-state index in [1.165, 1.54) is 18.9 Å². The van der Waals surface area contributed by atoms with Gasteiger partial charge in [-0.25, -0.2) is 5.43 Å². The van der Waals surface area contributed by atoms with Crippen LogP contribution in [0.15, 0.2) is 47.6 Å². The fourth-order valence-corrected chi connectivity index (χ4v) is 4.67. The zero-order chi connectivity index (χ0) is 27.9. The van der Waals surface area contributed by atoms with Gasteiger partial charge in [-0.05, 0) is 62.3 Å². The van der Waals surface area contributed by atoms with E-state index >= 15 is 0 Å². The van der Waals surface area contributed by atoms with Crippen LogP contribution in [-0.4, -0.2) is 57.2 Å². The Balaban J connectivity index is 1.32. The molecule has 0 amide bonds. The maximum atomic E-state index is 11.4. The zero-order valence-electron chi connectivity index (χ0n) is 21.8. The van der Waals surface area contributed by atoms with E-state index < -0.39 is 21.2 Å². The number of hydrazone groups is 1. The first kappa shape index (κ1) is 26.7. The highest BCUT2D eigenvalue weighted by atomic mass is 16.6. The number of nitrogens with zero attached hydrogens (tertiary/aromatic N) is 8. The third kappa shape index (κ3) is 6.57. The molecule has 40 heavy (non-hydrogen) atoms. The predicted molar refractivity (Wildman–Crippen MR) is 149 cm³/mol. The van der Waals surface area contributed by atoms with Gasteiger partial charge >= 0.3 is 5.69 Å². The Morgan fingerprint density at radius 1 is 0.825 bits per heavy atom. The first-order chi connectivity index (χ1) is 19.5. The molecule has 2 aliphatic rings. The Bertz CT molecular complexity index is 1370. The van der Waals surface area contributed by atoms with Crippen LogP contribution >= 0.6 is 0 Å². The van der Waals surface area contributed by atoms with Crippen LogP contribution in [0.1, 0.15) is 44.1 Å². The number of anilines is 3. The summed E-state index contributed by atoms with van der Waals surface area (Å²) in [7, 11) is 0. The third-order valence-electron chi connectivity index (χ3n) is 6.70. The number of rotatable bonds is 9. The number of nitrogens with one attached hydrogen (secondary N) is 1. The lowest BCUT2D eigenvalue weighted by Gasteiger charge is -2.30. The molecule has 208 valence electrons. The van der Waals surface area contributed by atoms with E-state index in [9.17, 15) is 20.2 Å². The predicted octanol–water partition coefficient (Wildman–Crippen LogP) is 4.91. The minimum Gasteiger partial charge on any atom is -0.450 e. The van der Waals surface area contributed by atoms with E-state index in [0.717, 1.165) is 64.0 Å². The van der Waals surface area contributed by atoms with Crippen LogP contribution in [0.5, 0.6) is 11.5 Å². The van der Waals surface area contributed by atoms with Crippen molar-refractivity contribution in [2.45, 2.75) is 38.5 Å². The molecule has 1 aromatic heterocycles. The van der Waals surface area contributed by atoms with Gasteiger partial charge in [-0.3, -0.25) is 20.2 Å². The van der Waals surface area contributed by atoms with Gasteiger partial charge < -0.3 is 14.5 Å². The summed E-state index contributed by atoms with van der Waals surface area (Å²) in [6.45, 7) is 3.63. The SMILES string of the molecule is O=[N+]([O-])c1ccc(Oc2cccc(/C=N\Nc3nc(N4CCCCC4)nc(N4CCCCC4)n3)c2)c([N+](=O)[O-])c1. The van der Waals surface area contributed by atoms with E-state index in [1.807, 2.05) is 0 Å². The maximum Gasteiger partial charge on any atom is 0.318 e. The van der Waals surface area contributed by atoms with Gasteiger partial charge in [0.2, 0.25) is 23.6 Å². The first-order valence-electron chi connectivity index (χ1n) is 13.2. The summed E-state index contributed by atoms with van der Waals surface area (Å²) in [6.07, 6.45) is 8.38. The Labute approximate surface area is 230 Å². The van der Waals surface area contributed by atoms with Gasteiger partial charge in [0.1, 0.15) is 5.75 Å². The molecule has 0 spiro atoms. The summed E-state index contributed by atoms with van der Waals surface area (Å²) in [6, 6.07) is 9.99. The smallest absolute Gasteiger partial charge is 0.318 e. The molecular formula is C26H29N9O5. The normalized spacial score (nSPS) is 15.7. The molecule has 3 heterocycles. The number of hydrogen-bond donors (Lipinski definition) is 1. The topological polar surface area (TPSA) is 165 Å². The standard InChI is InChI=1S/C26H29N9O5/c36-34(37)20-10-11-23(22(17-20)35(38)39)40-21-9-7-8-19(16-21)18-27-31-24-28-25(32-12-3-1-4-13-32)30-26(29-24)33-14-5-2-6-15-33/h7-11,16-18H,1-6,12-15H2,(H,28,29,30,31)/b27-18-. The zero-order valence-corrected chi connectivity index (χ0v) is 21.8. The second kappa shape index (κ2) is 12.3. The molecule has 0 saturated carbocycles. The van der Waals surface area contributed by atoms with Gasteiger partial charge in [-0.15, -0.1) is 0 Å². The van der Waals surface area contributed by atoms with E-state index in [2.05, 4.69) is 30.3 Å². The van der Waals surface area contributed by atoms with Gasteiger partial charge in [-0.1, -0.05) is 12.1 Å². The number of ether oxygens (including phenoxy) is 1. The summed E-state index contributed by atoms with van der Waals surface area (Å²) in [4.78, 5) is 39.4. The Morgan fingerprint density at radius 2 is 1.48 bits per heavy atom. The first-order valence-corrected chi connectivity index (χ1v) is 13.2. The fraction of sp³-hybridized carbons (Fsp3) is 0.385. The van der Waals surface area contributed by atoms with Crippen molar-refractivity contribution in [3.63, 3.8) is 0 Å². The van der Waals surface area contributed by atoms with Crippen molar-refractivity contribution in [1.29, 1.82) is 0 Å². The number of nitro benzene ring substituents is 2. The van der Waals surface area contributed by atoms with Crippen LogP contribution in [0.3, 0.4) is 0 Å². The molecule has 5 rings (SSSR count). The van der Waals surface area contributed by atoms with Gasteiger partial charge in [0, 0.05) is 32.2 Å². The molecular weight excluding hydrogens is 518 g/mol. The molecule has 2 aliphatic heterocycles. The third-order valence-corrected chi connectivity index (χ3v) is 6.70. The summed E-state index contributed by atoms with van der Waals surface area (Å²) in [5.74, 6) is 1.84. The molecule has 2 aromatic carbocycles.